The Hall–Kier alpha value is -2.12. The second kappa shape index (κ2) is 4.77. The van der Waals surface area contributed by atoms with Crippen molar-refractivity contribution in [2.75, 3.05) is 0 Å². The van der Waals surface area contributed by atoms with Crippen molar-refractivity contribution in [3.05, 3.63) is 47.9 Å². The fourth-order valence-electron chi connectivity index (χ4n) is 1.52. The van der Waals surface area contributed by atoms with Crippen LogP contribution in [-0.4, -0.2) is 9.97 Å². The van der Waals surface area contributed by atoms with E-state index < -0.39 is 23.5 Å². The number of hydrogen-bond donors (Lipinski definition) is 0. The lowest BCUT2D eigenvalue weighted by atomic mass is 10.0. The highest BCUT2D eigenvalue weighted by Gasteiger charge is 2.37. The topological polar surface area (TPSA) is 25.8 Å². The van der Waals surface area contributed by atoms with Gasteiger partial charge >= 0.3 is 12.4 Å². The zero-order chi connectivity index (χ0) is 15.0. The molecule has 0 fully saturated rings. The molecule has 0 atom stereocenters. The van der Waals surface area contributed by atoms with E-state index in [0.29, 0.717) is 12.1 Å². The molecule has 0 aliphatic rings. The quantitative estimate of drug-likeness (QED) is 0.743. The minimum absolute atomic E-state index is 0.0639. The van der Waals surface area contributed by atoms with Crippen molar-refractivity contribution in [1.82, 2.24) is 9.97 Å². The molecular formula is C12H5F6N2. The Morgan fingerprint density at radius 2 is 1.40 bits per heavy atom. The van der Waals surface area contributed by atoms with Gasteiger partial charge in [0.1, 0.15) is 0 Å². The molecule has 0 amide bonds. The van der Waals surface area contributed by atoms with E-state index in [2.05, 4.69) is 16.3 Å². The van der Waals surface area contributed by atoms with Crippen LogP contribution in [0.3, 0.4) is 0 Å². The largest absolute Gasteiger partial charge is 0.416 e. The summed E-state index contributed by atoms with van der Waals surface area (Å²) in [4.78, 5) is 6.96. The smallest absolute Gasteiger partial charge is 0.234 e. The predicted molar refractivity (Wildman–Crippen MR) is 56.3 cm³/mol. The molecule has 0 aliphatic carbocycles. The molecule has 2 aromatic rings. The van der Waals surface area contributed by atoms with Crippen molar-refractivity contribution in [2.24, 2.45) is 0 Å². The number of halogens is 6. The molecule has 1 aromatic carbocycles. The predicted octanol–water partition coefficient (Wildman–Crippen LogP) is 3.98. The van der Waals surface area contributed by atoms with E-state index in [4.69, 9.17) is 0 Å². The van der Waals surface area contributed by atoms with Crippen LogP contribution in [0, 0.1) is 6.33 Å². The van der Waals surface area contributed by atoms with Crippen LogP contribution in [-0.2, 0) is 12.4 Å². The number of nitrogens with zero attached hydrogens (tertiary/aromatic N) is 2. The van der Waals surface area contributed by atoms with Crippen molar-refractivity contribution in [1.29, 1.82) is 0 Å². The van der Waals surface area contributed by atoms with Crippen LogP contribution in [0.1, 0.15) is 11.1 Å². The Balaban J connectivity index is 2.64. The first-order valence-corrected chi connectivity index (χ1v) is 5.17. The second-order valence-corrected chi connectivity index (χ2v) is 3.84. The molecule has 0 unspecified atom stereocenters. The first-order chi connectivity index (χ1) is 9.18. The van der Waals surface area contributed by atoms with Gasteiger partial charge < -0.3 is 0 Å². The van der Waals surface area contributed by atoms with E-state index >= 15 is 0 Å². The van der Waals surface area contributed by atoms with Crippen LogP contribution in [0.25, 0.3) is 11.3 Å². The fraction of sp³-hybridized carbons (Fsp3) is 0.167. The van der Waals surface area contributed by atoms with Gasteiger partial charge in [-0.15, -0.1) is 0 Å². The molecule has 0 aliphatic heterocycles. The van der Waals surface area contributed by atoms with Crippen molar-refractivity contribution in [3.8, 4) is 11.3 Å². The number of aromatic nitrogens is 2. The molecule has 105 valence electrons. The second-order valence-electron chi connectivity index (χ2n) is 3.84. The molecule has 8 heteroatoms. The number of rotatable bonds is 1. The first kappa shape index (κ1) is 14.3. The molecule has 0 spiro atoms. The van der Waals surface area contributed by atoms with Crippen molar-refractivity contribution >= 4 is 0 Å². The molecule has 2 nitrogen and oxygen atoms in total. The van der Waals surface area contributed by atoms with Crippen LogP contribution in [0.2, 0.25) is 0 Å². The summed E-state index contributed by atoms with van der Waals surface area (Å²) < 4.78 is 75.9. The third kappa shape index (κ3) is 3.06. The van der Waals surface area contributed by atoms with E-state index in [1.54, 1.807) is 0 Å². The molecule has 1 heterocycles. The maximum Gasteiger partial charge on any atom is 0.416 e. The summed E-state index contributed by atoms with van der Waals surface area (Å²) in [7, 11) is 0. The van der Waals surface area contributed by atoms with Crippen LogP contribution in [0.15, 0.2) is 30.5 Å². The highest BCUT2D eigenvalue weighted by Crippen LogP contribution is 2.38. The van der Waals surface area contributed by atoms with Gasteiger partial charge in [-0.25, -0.2) is 9.97 Å². The number of alkyl halides is 6. The fourth-order valence-corrected chi connectivity index (χ4v) is 1.52. The Morgan fingerprint density at radius 3 is 1.80 bits per heavy atom. The number of hydrogen-bond acceptors (Lipinski definition) is 2. The Morgan fingerprint density at radius 1 is 0.850 bits per heavy atom. The minimum atomic E-state index is -4.88. The molecule has 1 aromatic heterocycles. The lowest BCUT2D eigenvalue weighted by molar-refractivity contribution is -0.143. The molecule has 2 rings (SSSR count). The van der Waals surface area contributed by atoms with Gasteiger partial charge in [-0.2, -0.15) is 26.3 Å². The third-order valence-corrected chi connectivity index (χ3v) is 2.42. The summed E-state index contributed by atoms with van der Waals surface area (Å²) >= 11 is 0. The SMILES string of the molecule is FC(F)(F)c1cc(-c2ccn[c]n2)cc(C(F)(F)F)c1. The molecule has 0 N–H and O–H groups in total. The summed E-state index contributed by atoms with van der Waals surface area (Å²) in [6.45, 7) is 0. The van der Waals surface area contributed by atoms with Crippen LogP contribution in [0.4, 0.5) is 26.3 Å². The molecule has 1 radical (unpaired) electrons. The summed E-state index contributed by atoms with van der Waals surface area (Å²) in [6, 6.07) is 2.47. The van der Waals surface area contributed by atoms with Crippen LogP contribution < -0.4 is 0 Å². The van der Waals surface area contributed by atoms with E-state index in [9.17, 15) is 26.3 Å². The van der Waals surface area contributed by atoms with Gasteiger partial charge in [0.25, 0.3) is 0 Å². The summed E-state index contributed by atoms with van der Waals surface area (Å²) in [5.74, 6) is 0. The van der Waals surface area contributed by atoms with E-state index in [1.165, 1.54) is 12.3 Å². The molecular weight excluding hydrogens is 286 g/mol. The lowest BCUT2D eigenvalue weighted by Crippen LogP contribution is -2.11. The van der Waals surface area contributed by atoms with Gasteiger partial charge in [-0.05, 0) is 24.3 Å². The Labute approximate surface area is 109 Å². The zero-order valence-electron chi connectivity index (χ0n) is 9.55. The van der Waals surface area contributed by atoms with Gasteiger partial charge in [0.2, 0.25) is 0 Å². The minimum Gasteiger partial charge on any atom is -0.234 e. The normalized spacial score (nSPS) is 12.5. The summed E-state index contributed by atoms with van der Waals surface area (Å²) in [6.07, 6.45) is -6.47. The third-order valence-electron chi connectivity index (χ3n) is 2.42. The zero-order valence-corrected chi connectivity index (χ0v) is 9.55. The summed E-state index contributed by atoms with van der Waals surface area (Å²) in [5.41, 5.74) is -3.15. The molecule has 0 saturated carbocycles. The van der Waals surface area contributed by atoms with Crippen molar-refractivity contribution in [3.63, 3.8) is 0 Å². The summed E-state index contributed by atoms with van der Waals surface area (Å²) in [5, 5.41) is 0. The van der Waals surface area contributed by atoms with E-state index in [0.717, 1.165) is 0 Å². The van der Waals surface area contributed by atoms with Gasteiger partial charge in [0.15, 0.2) is 6.33 Å². The van der Waals surface area contributed by atoms with Crippen LogP contribution >= 0.6 is 0 Å². The molecule has 20 heavy (non-hydrogen) atoms. The van der Waals surface area contributed by atoms with Gasteiger partial charge in [-0.3, -0.25) is 0 Å². The van der Waals surface area contributed by atoms with E-state index in [-0.39, 0.29) is 17.3 Å². The maximum atomic E-state index is 12.6. The lowest BCUT2D eigenvalue weighted by Gasteiger charge is -2.13. The van der Waals surface area contributed by atoms with Gasteiger partial charge in [-0.1, -0.05) is 0 Å². The standard InChI is InChI=1S/C12H5F6N2/c13-11(14,15)8-3-7(10-1-2-19-6-20-10)4-9(5-8)12(16,17)18/h1-5H. The first-order valence-electron chi connectivity index (χ1n) is 5.17. The highest BCUT2D eigenvalue weighted by atomic mass is 19.4. The maximum absolute atomic E-state index is 12.6. The average Bonchev–Trinajstić information content (AvgIpc) is 2.37. The van der Waals surface area contributed by atoms with Crippen LogP contribution in [0.5, 0.6) is 0 Å². The monoisotopic (exact) mass is 291 g/mol. The van der Waals surface area contributed by atoms with Crippen molar-refractivity contribution < 1.29 is 26.3 Å². The van der Waals surface area contributed by atoms with Gasteiger partial charge in [0, 0.05) is 11.8 Å². The van der Waals surface area contributed by atoms with E-state index in [1.807, 2.05) is 0 Å². The average molecular weight is 291 g/mol. The van der Waals surface area contributed by atoms with Crippen molar-refractivity contribution in [2.45, 2.75) is 12.4 Å². The van der Waals surface area contributed by atoms with Gasteiger partial charge in [0.05, 0.1) is 16.8 Å². The molecule has 0 bridgehead atoms. The Bertz CT molecular complexity index is 571. The molecule has 0 saturated heterocycles. The Kier molecular flexibility index (Phi) is 3.41. The highest BCUT2D eigenvalue weighted by molar-refractivity contribution is 5.61. The number of benzene rings is 1.